The van der Waals surface area contributed by atoms with Crippen LogP contribution in [0.1, 0.15) is 92.1 Å². The van der Waals surface area contributed by atoms with E-state index in [4.69, 9.17) is 13.0 Å². The van der Waals surface area contributed by atoms with Gasteiger partial charge in [-0.05, 0) is 131 Å². The van der Waals surface area contributed by atoms with Crippen LogP contribution < -0.4 is 0 Å². The number of hydrogen-bond acceptors (Lipinski definition) is 5. The molecule has 1 aromatic rings. The third-order valence-corrected chi connectivity index (χ3v) is 18.5. The maximum absolute atomic E-state index is 12.9. The van der Waals surface area contributed by atoms with Crippen molar-refractivity contribution >= 4 is 26.8 Å². The predicted molar refractivity (Wildman–Crippen MR) is 197 cm³/mol. The molecular weight excluding hydrogens is 625 g/mol. The molecule has 4 rings (SSSR count). The second-order valence-electron chi connectivity index (χ2n) is 17.7. The molecule has 3 aliphatic carbocycles. The van der Waals surface area contributed by atoms with Crippen molar-refractivity contribution in [2.45, 2.75) is 148 Å². The number of rotatable bonds is 10. The van der Waals surface area contributed by atoms with Crippen LogP contribution in [0.15, 0.2) is 52.5 Å². The molecule has 0 amide bonds. The molecule has 0 aliphatic heterocycles. The summed E-state index contributed by atoms with van der Waals surface area (Å²) >= 11 is 0. The molecule has 0 bridgehead atoms. The molecule has 0 spiro atoms. The van der Waals surface area contributed by atoms with Crippen molar-refractivity contribution in [3.8, 4) is 0 Å². The topological polar surface area (TPSA) is 61.8 Å². The van der Waals surface area contributed by atoms with Gasteiger partial charge in [-0.1, -0.05) is 82.5 Å². The van der Waals surface area contributed by atoms with Gasteiger partial charge in [0.15, 0.2) is 16.6 Å². The highest BCUT2D eigenvalue weighted by atomic mass is 32.2. The van der Waals surface area contributed by atoms with Crippen LogP contribution in [-0.4, -0.2) is 43.9 Å². The molecule has 3 fully saturated rings. The molecule has 3 saturated carbocycles. The van der Waals surface area contributed by atoms with Gasteiger partial charge in [0, 0.05) is 0 Å². The fourth-order valence-corrected chi connectivity index (χ4v) is 11.8. The molecule has 0 saturated heterocycles. The van der Waals surface area contributed by atoms with Gasteiger partial charge in [0.2, 0.25) is 0 Å². The maximum Gasteiger partial charge on any atom is 0.296 e. The molecule has 0 radical (unpaired) electrons. The van der Waals surface area contributed by atoms with Gasteiger partial charge in [-0.15, -0.1) is 0 Å². The highest BCUT2D eigenvalue weighted by Gasteiger charge is 2.51. The molecule has 1 aromatic carbocycles. The van der Waals surface area contributed by atoms with Gasteiger partial charge in [0.1, 0.15) is 0 Å². The van der Waals surface area contributed by atoms with E-state index in [0.717, 1.165) is 31.2 Å². The quantitative estimate of drug-likeness (QED) is 0.181. The second kappa shape index (κ2) is 14.1. The summed E-state index contributed by atoms with van der Waals surface area (Å²) < 4.78 is 45.4. The Hall–Kier alpha value is -1.04. The Kier molecular flexibility index (Phi) is 11.5. The minimum Gasteiger partial charge on any atom is -0.412 e. The Bertz CT molecular complexity index is 1370. The number of hydrogen-bond donors (Lipinski definition) is 0. The van der Waals surface area contributed by atoms with Crippen molar-refractivity contribution in [2.75, 3.05) is 6.61 Å². The monoisotopic (exact) mass is 688 g/mol. The zero-order chi connectivity index (χ0) is 34.3. The molecule has 8 heteroatoms. The van der Waals surface area contributed by atoms with E-state index < -0.39 is 26.8 Å². The highest BCUT2D eigenvalue weighted by molar-refractivity contribution is 7.86. The Balaban J connectivity index is 1.49. The van der Waals surface area contributed by atoms with E-state index in [0.29, 0.717) is 17.8 Å². The fraction of sp³-hybridized carbons (Fsp3) is 0.737. The molecule has 260 valence electrons. The summed E-state index contributed by atoms with van der Waals surface area (Å²) in [6, 6.07) is 6.93. The standard InChI is InChI=1S/C38H64O5SSi2/c1-27-15-19-32(20-16-27)44(39,40)41-26-29(3)33-21-22-34-31(14-13-23-38(33,34)7)18-17-30-24-28(2)36(43-45(8,9)10)35(25-30)42-46(11,12)37(4,5)6/h15-20,28-29,33-36H,13-14,21-26H2,1-12H3/b30-17-,31-18+/t28-,29-,33-,34?,35-,36?,38-/m1/s1. The largest absolute Gasteiger partial charge is 0.412 e. The number of aryl methyl sites for hydroxylation is 1. The smallest absolute Gasteiger partial charge is 0.296 e. The minimum atomic E-state index is -3.76. The van der Waals surface area contributed by atoms with E-state index in [-0.39, 0.29) is 40.1 Å². The second-order valence-corrected chi connectivity index (χ2v) is 28.5. The summed E-state index contributed by atoms with van der Waals surface area (Å²) in [5, 5.41) is 0.155. The van der Waals surface area contributed by atoms with Gasteiger partial charge in [-0.2, -0.15) is 8.42 Å². The van der Waals surface area contributed by atoms with E-state index in [1.807, 2.05) is 19.1 Å². The van der Waals surface area contributed by atoms with Crippen molar-refractivity contribution in [1.82, 2.24) is 0 Å². The van der Waals surface area contributed by atoms with E-state index in [1.54, 1.807) is 17.7 Å². The first kappa shape index (κ1) is 37.8. The molecule has 5 nitrogen and oxygen atoms in total. The Labute approximate surface area is 284 Å². The zero-order valence-corrected chi connectivity index (χ0v) is 33.9. The van der Waals surface area contributed by atoms with Crippen molar-refractivity contribution < 1.29 is 21.5 Å². The summed E-state index contributed by atoms with van der Waals surface area (Å²) in [5.41, 5.74) is 4.28. The summed E-state index contributed by atoms with van der Waals surface area (Å²) in [7, 11) is -7.46. The normalized spacial score (nSPS) is 32.1. The van der Waals surface area contributed by atoms with Crippen LogP contribution in [0.3, 0.4) is 0 Å². The lowest BCUT2D eigenvalue weighted by Gasteiger charge is -2.46. The van der Waals surface area contributed by atoms with Crippen LogP contribution in [0.2, 0.25) is 37.8 Å². The molecule has 0 aromatic heterocycles. The molecule has 3 aliphatic rings. The third-order valence-electron chi connectivity index (χ3n) is 11.8. The van der Waals surface area contributed by atoms with Gasteiger partial charge in [-0.3, -0.25) is 4.18 Å². The third kappa shape index (κ3) is 8.75. The molecule has 46 heavy (non-hydrogen) atoms. The van der Waals surface area contributed by atoms with Crippen LogP contribution in [-0.2, 0) is 23.2 Å². The van der Waals surface area contributed by atoms with Crippen LogP contribution in [0.5, 0.6) is 0 Å². The maximum atomic E-state index is 12.9. The van der Waals surface area contributed by atoms with Crippen LogP contribution in [0, 0.1) is 36.0 Å². The Morgan fingerprint density at radius 3 is 2.26 bits per heavy atom. The van der Waals surface area contributed by atoms with Gasteiger partial charge < -0.3 is 8.85 Å². The van der Waals surface area contributed by atoms with Crippen LogP contribution in [0.4, 0.5) is 0 Å². The van der Waals surface area contributed by atoms with E-state index in [9.17, 15) is 8.42 Å². The summed E-state index contributed by atoms with van der Waals surface area (Å²) in [4.78, 5) is 0.240. The van der Waals surface area contributed by atoms with E-state index in [2.05, 4.69) is 86.4 Å². The predicted octanol–water partition coefficient (Wildman–Crippen LogP) is 10.4. The first-order chi connectivity index (χ1) is 21.1. The van der Waals surface area contributed by atoms with Gasteiger partial charge in [-0.25, -0.2) is 0 Å². The molecule has 0 heterocycles. The lowest BCUT2D eigenvalue weighted by molar-refractivity contribution is -0.00639. The first-order valence-electron chi connectivity index (χ1n) is 17.8. The molecule has 7 atom stereocenters. The Morgan fingerprint density at radius 1 is 1.00 bits per heavy atom. The van der Waals surface area contributed by atoms with E-state index >= 15 is 0 Å². The number of allylic oxidation sites excluding steroid dienone is 3. The summed E-state index contributed by atoms with van der Waals surface area (Å²) in [6.07, 6.45) is 13.0. The van der Waals surface area contributed by atoms with Crippen molar-refractivity contribution in [3.05, 3.63) is 53.1 Å². The SMILES string of the molecule is Cc1ccc(S(=O)(=O)OC[C@@H](C)[C@H]2CCC3/C(=C/C=C4/C[C@@H](C)C(O[Si](C)(C)C)[C@H](O[Si](C)(C)C(C)(C)C)C4)CCC[C@@]32C)cc1. The summed E-state index contributed by atoms with van der Waals surface area (Å²) in [5.74, 6) is 1.58. The van der Waals surface area contributed by atoms with E-state index in [1.165, 1.54) is 24.8 Å². The zero-order valence-electron chi connectivity index (χ0n) is 31.0. The van der Waals surface area contributed by atoms with Crippen LogP contribution >= 0.6 is 0 Å². The lowest BCUT2D eigenvalue weighted by Crippen LogP contribution is -2.52. The number of fused-ring (bicyclic) bond motifs is 1. The summed E-state index contributed by atoms with van der Waals surface area (Å²) in [6.45, 7) is 27.8. The van der Waals surface area contributed by atoms with Gasteiger partial charge >= 0.3 is 0 Å². The van der Waals surface area contributed by atoms with Crippen molar-refractivity contribution in [2.24, 2.45) is 29.1 Å². The van der Waals surface area contributed by atoms with Crippen molar-refractivity contribution in [3.63, 3.8) is 0 Å². The lowest BCUT2D eigenvalue weighted by atomic mass is 9.61. The fourth-order valence-electron chi connectivity index (χ4n) is 8.28. The molecule has 0 N–H and O–H groups in total. The minimum absolute atomic E-state index is 0.102. The van der Waals surface area contributed by atoms with Crippen LogP contribution in [0.25, 0.3) is 0 Å². The van der Waals surface area contributed by atoms with Crippen molar-refractivity contribution in [1.29, 1.82) is 0 Å². The highest BCUT2D eigenvalue weighted by Crippen LogP contribution is 2.59. The molecule has 2 unspecified atom stereocenters. The average Bonchev–Trinajstić information content (AvgIpc) is 3.29. The average molecular weight is 689 g/mol. The van der Waals surface area contributed by atoms with Gasteiger partial charge in [0.05, 0.1) is 23.7 Å². The molecular formula is C38H64O5SSi2. The Morgan fingerprint density at radius 2 is 1.65 bits per heavy atom. The number of benzene rings is 1. The first-order valence-corrected chi connectivity index (χ1v) is 25.6. The van der Waals surface area contributed by atoms with Gasteiger partial charge in [0.25, 0.3) is 10.1 Å².